The van der Waals surface area contributed by atoms with Gasteiger partial charge in [0.1, 0.15) is 16.6 Å². The number of anilines is 2. The Kier molecular flexibility index (Phi) is 3.97. The van der Waals surface area contributed by atoms with Crippen LogP contribution in [0.4, 0.5) is 15.9 Å². The van der Waals surface area contributed by atoms with Crippen LogP contribution in [0.1, 0.15) is 11.3 Å². The third-order valence-corrected chi connectivity index (χ3v) is 2.83. The molecule has 98 valence electrons. The second kappa shape index (κ2) is 5.50. The number of aryl methyl sites for hydroxylation is 1. The van der Waals surface area contributed by atoms with Gasteiger partial charge in [-0.25, -0.2) is 9.37 Å². The van der Waals surface area contributed by atoms with Crippen LogP contribution in [0, 0.1) is 12.7 Å². The zero-order valence-corrected chi connectivity index (χ0v) is 11.6. The number of halogens is 2. The Balaban J connectivity index is 2.35. The van der Waals surface area contributed by atoms with Crippen LogP contribution in [0.5, 0.6) is 0 Å². The van der Waals surface area contributed by atoms with Gasteiger partial charge in [-0.3, -0.25) is 0 Å². The topological polar surface area (TPSA) is 50.9 Å². The summed E-state index contributed by atoms with van der Waals surface area (Å²) in [7, 11) is 0. The highest BCUT2D eigenvalue weighted by molar-refractivity contribution is 7.80. The van der Waals surface area contributed by atoms with E-state index in [4.69, 9.17) is 29.6 Å². The normalized spacial score (nSPS) is 10.3. The summed E-state index contributed by atoms with van der Waals surface area (Å²) in [4.78, 5) is 4.56. The van der Waals surface area contributed by atoms with Gasteiger partial charge in [0.05, 0.1) is 0 Å². The summed E-state index contributed by atoms with van der Waals surface area (Å²) in [6, 6.07) is 7.66. The van der Waals surface area contributed by atoms with Crippen LogP contribution in [0.15, 0.2) is 30.3 Å². The lowest BCUT2D eigenvalue weighted by Gasteiger charge is -2.09. The quantitative estimate of drug-likeness (QED) is 0.850. The molecule has 0 aliphatic heterocycles. The molecule has 0 aliphatic rings. The van der Waals surface area contributed by atoms with Crippen molar-refractivity contribution in [2.75, 3.05) is 5.32 Å². The summed E-state index contributed by atoms with van der Waals surface area (Å²) in [5, 5.41) is 3.28. The first kappa shape index (κ1) is 13.7. The number of hydrogen-bond donors (Lipinski definition) is 2. The monoisotopic (exact) mass is 295 g/mol. The molecular weight excluding hydrogens is 285 g/mol. The largest absolute Gasteiger partial charge is 0.389 e. The van der Waals surface area contributed by atoms with E-state index in [1.54, 1.807) is 18.2 Å². The highest BCUT2D eigenvalue weighted by atomic mass is 35.5. The van der Waals surface area contributed by atoms with Gasteiger partial charge >= 0.3 is 0 Å². The summed E-state index contributed by atoms with van der Waals surface area (Å²) in [6.45, 7) is 1.82. The van der Waals surface area contributed by atoms with Crippen LogP contribution < -0.4 is 11.1 Å². The fraction of sp³-hybridized carbons (Fsp3) is 0.0769. The molecule has 0 radical (unpaired) electrons. The molecule has 0 aliphatic carbocycles. The van der Waals surface area contributed by atoms with E-state index in [0.29, 0.717) is 22.1 Å². The zero-order valence-electron chi connectivity index (χ0n) is 10.1. The molecule has 2 aromatic rings. The molecule has 19 heavy (non-hydrogen) atoms. The van der Waals surface area contributed by atoms with Crippen molar-refractivity contribution >= 4 is 40.3 Å². The lowest BCUT2D eigenvalue weighted by atomic mass is 10.2. The minimum Gasteiger partial charge on any atom is -0.389 e. The van der Waals surface area contributed by atoms with Crippen LogP contribution in [-0.2, 0) is 0 Å². The predicted octanol–water partition coefficient (Wildman–Crippen LogP) is 3.56. The van der Waals surface area contributed by atoms with Gasteiger partial charge in [-0.15, -0.1) is 0 Å². The smallest absolute Gasteiger partial charge is 0.131 e. The molecule has 0 spiro atoms. The van der Waals surface area contributed by atoms with Crippen molar-refractivity contribution in [3.05, 3.63) is 52.4 Å². The first-order valence-corrected chi connectivity index (χ1v) is 6.24. The summed E-state index contributed by atoms with van der Waals surface area (Å²) < 4.78 is 13.2. The Labute approximate surface area is 120 Å². The molecule has 1 aromatic carbocycles. The molecule has 1 heterocycles. The van der Waals surface area contributed by atoms with Gasteiger partial charge in [0.25, 0.3) is 0 Å². The Morgan fingerprint density at radius 2 is 2.05 bits per heavy atom. The first-order valence-electron chi connectivity index (χ1n) is 5.45. The maximum Gasteiger partial charge on any atom is 0.131 e. The number of rotatable bonds is 3. The highest BCUT2D eigenvalue weighted by Gasteiger charge is 2.05. The lowest BCUT2D eigenvalue weighted by Crippen LogP contribution is -2.10. The first-order chi connectivity index (χ1) is 8.94. The second-order valence-corrected chi connectivity index (χ2v) is 4.91. The van der Waals surface area contributed by atoms with Crippen LogP contribution in [-0.4, -0.2) is 9.97 Å². The summed E-state index contributed by atoms with van der Waals surface area (Å²) in [5.41, 5.74) is 7.56. The van der Waals surface area contributed by atoms with Gasteiger partial charge in [0, 0.05) is 22.0 Å². The van der Waals surface area contributed by atoms with E-state index in [-0.39, 0.29) is 4.99 Å². The van der Waals surface area contributed by atoms with E-state index in [1.165, 1.54) is 12.1 Å². The van der Waals surface area contributed by atoms with E-state index >= 15 is 0 Å². The molecule has 0 fully saturated rings. The molecule has 2 rings (SSSR count). The molecule has 0 unspecified atom stereocenters. The molecule has 0 bridgehead atoms. The van der Waals surface area contributed by atoms with E-state index in [1.807, 2.05) is 6.92 Å². The minimum atomic E-state index is -0.419. The standard InChI is InChI=1S/C13H11ClFN3S/c1-7-2-8(13(16)19)3-12(17-7)18-11-5-9(14)4-10(15)6-11/h2-6H,1H3,(H2,16,19)(H,17,18). The van der Waals surface area contributed by atoms with Crippen LogP contribution in [0.3, 0.4) is 0 Å². The van der Waals surface area contributed by atoms with E-state index < -0.39 is 5.82 Å². The number of nitrogens with one attached hydrogen (secondary N) is 1. The SMILES string of the molecule is Cc1cc(C(N)=S)cc(Nc2cc(F)cc(Cl)c2)n1. The fourth-order valence-electron chi connectivity index (χ4n) is 1.65. The Morgan fingerprint density at radius 1 is 1.32 bits per heavy atom. The van der Waals surface area contributed by atoms with Gasteiger partial charge in [0.2, 0.25) is 0 Å². The average Bonchev–Trinajstić information content (AvgIpc) is 2.26. The number of nitrogens with two attached hydrogens (primary N) is 1. The van der Waals surface area contributed by atoms with Crippen molar-refractivity contribution in [1.82, 2.24) is 4.98 Å². The average molecular weight is 296 g/mol. The Hall–Kier alpha value is -1.72. The van der Waals surface area contributed by atoms with Crippen LogP contribution >= 0.6 is 23.8 Å². The van der Waals surface area contributed by atoms with Crippen molar-refractivity contribution in [2.45, 2.75) is 6.92 Å². The Morgan fingerprint density at radius 3 is 2.68 bits per heavy atom. The molecule has 0 atom stereocenters. The number of aromatic nitrogens is 1. The van der Waals surface area contributed by atoms with Crippen molar-refractivity contribution in [3.8, 4) is 0 Å². The van der Waals surface area contributed by atoms with Crippen LogP contribution in [0.25, 0.3) is 0 Å². The third kappa shape index (κ3) is 3.62. The maximum atomic E-state index is 13.2. The van der Waals surface area contributed by atoms with Gasteiger partial charge in [0.15, 0.2) is 0 Å². The predicted molar refractivity (Wildman–Crippen MR) is 79.6 cm³/mol. The molecule has 3 nitrogen and oxygen atoms in total. The summed E-state index contributed by atoms with van der Waals surface area (Å²) >= 11 is 10.7. The fourth-order valence-corrected chi connectivity index (χ4v) is 1.99. The minimum absolute atomic E-state index is 0.283. The second-order valence-electron chi connectivity index (χ2n) is 4.03. The number of benzene rings is 1. The third-order valence-electron chi connectivity index (χ3n) is 2.37. The van der Waals surface area contributed by atoms with Gasteiger partial charge in [-0.1, -0.05) is 23.8 Å². The molecule has 6 heteroatoms. The van der Waals surface area contributed by atoms with Crippen molar-refractivity contribution < 1.29 is 4.39 Å². The summed E-state index contributed by atoms with van der Waals surface area (Å²) in [5.74, 6) is 0.113. The maximum absolute atomic E-state index is 13.2. The zero-order chi connectivity index (χ0) is 14.0. The van der Waals surface area contributed by atoms with Crippen molar-refractivity contribution in [3.63, 3.8) is 0 Å². The highest BCUT2D eigenvalue weighted by Crippen LogP contribution is 2.22. The molecule has 3 N–H and O–H groups in total. The van der Waals surface area contributed by atoms with Gasteiger partial charge in [-0.2, -0.15) is 0 Å². The molecule has 1 aromatic heterocycles. The molecule has 0 amide bonds. The lowest BCUT2D eigenvalue weighted by molar-refractivity contribution is 0.628. The van der Waals surface area contributed by atoms with E-state index in [0.717, 1.165) is 5.69 Å². The number of hydrogen-bond acceptors (Lipinski definition) is 3. The molecule has 0 saturated heterocycles. The van der Waals surface area contributed by atoms with E-state index in [9.17, 15) is 4.39 Å². The number of thiocarbonyl (C=S) groups is 1. The number of pyridine rings is 1. The van der Waals surface area contributed by atoms with Gasteiger partial charge < -0.3 is 11.1 Å². The van der Waals surface area contributed by atoms with Gasteiger partial charge in [-0.05, 0) is 37.3 Å². The molecular formula is C13H11ClFN3S. The number of nitrogens with zero attached hydrogens (tertiary/aromatic N) is 1. The van der Waals surface area contributed by atoms with Crippen molar-refractivity contribution in [1.29, 1.82) is 0 Å². The molecule has 0 saturated carbocycles. The summed E-state index contributed by atoms with van der Waals surface area (Å²) in [6.07, 6.45) is 0. The Bertz CT molecular complexity index is 626. The van der Waals surface area contributed by atoms with Crippen LogP contribution in [0.2, 0.25) is 5.02 Å². The van der Waals surface area contributed by atoms with E-state index in [2.05, 4.69) is 10.3 Å². The van der Waals surface area contributed by atoms with Crippen molar-refractivity contribution in [2.24, 2.45) is 5.73 Å².